The van der Waals surface area contributed by atoms with Crippen molar-refractivity contribution in [1.29, 1.82) is 0 Å². The third-order valence-electron chi connectivity index (χ3n) is 6.75. The first-order chi connectivity index (χ1) is 19.1. The second kappa shape index (κ2) is 12.7. The molecule has 1 aliphatic rings. The number of hydrogen-bond acceptors (Lipinski definition) is 7. The highest BCUT2D eigenvalue weighted by Gasteiger charge is 2.32. The van der Waals surface area contributed by atoms with E-state index in [1.807, 2.05) is 25.1 Å². The lowest BCUT2D eigenvalue weighted by molar-refractivity contribution is -0.134. The highest BCUT2D eigenvalue weighted by molar-refractivity contribution is 7.94. The second-order valence-corrected chi connectivity index (χ2v) is 12.8. The number of carbonyl (C=O) groups excluding carboxylic acids is 2. The van der Waals surface area contributed by atoms with Gasteiger partial charge in [-0.3, -0.25) is 9.52 Å². The van der Waals surface area contributed by atoms with Crippen LogP contribution in [0.5, 0.6) is 5.75 Å². The second-order valence-electron chi connectivity index (χ2n) is 9.92. The van der Waals surface area contributed by atoms with E-state index in [2.05, 4.69) is 10.0 Å². The lowest BCUT2D eigenvalue weighted by atomic mass is 10.0. The minimum Gasteiger partial charge on any atom is -0.488 e. The Morgan fingerprint density at radius 1 is 1.18 bits per heavy atom. The van der Waals surface area contributed by atoms with Gasteiger partial charge in [-0.05, 0) is 48.7 Å². The quantitative estimate of drug-likeness (QED) is 0.368. The molecule has 0 fully saturated rings. The fraction of sp³-hybridized carbons (Fsp3) is 0.357. The van der Waals surface area contributed by atoms with E-state index in [9.17, 15) is 23.1 Å². The first kappa shape index (κ1) is 29.4. The van der Waals surface area contributed by atoms with Crippen LogP contribution in [0.25, 0.3) is 0 Å². The number of sulfonamides is 1. The van der Waals surface area contributed by atoms with Gasteiger partial charge in [0.15, 0.2) is 0 Å². The van der Waals surface area contributed by atoms with E-state index in [1.54, 1.807) is 60.6 Å². The maximum Gasteiger partial charge on any atom is 0.321 e. The molecule has 0 saturated heterocycles. The Bertz CT molecular complexity index is 1420. The summed E-state index contributed by atoms with van der Waals surface area (Å²) in [4.78, 5) is 29.4. The van der Waals surface area contributed by atoms with Crippen LogP contribution in [0.15, 0.2) is 70.3 Å². The standard InChI is InChI=1S/C28H34N4O6S2/c1-19-16-32(20(2)18-33)26(34)15-21-14-23(30-40(36,37)27-10-7-13-39-27)11-12-24(21)38-25(19)17-31(3)28(35)29-22-8-5-4-6-9-22/h4-14,19-20,25,30,33H,15-18H2,1-3H3,(H,29,35)/t19-,20+,25+/m0/s1. The van der Waals surface area contributed by atoms with E-state index in [-0.39, 0.29) is 41.6 Å². The number of fused-ring (bicyclic) bond motifs is 1. The van der Waals surface area contributed by atoms with E-state index in [0.717, 1.165) is 11.3 Å². The smallest absolute Gasteiger partial charge is 0.321 e. The fourth-order valence-corrected chi connectivity index (χ4v) is 6.47. The SMILES string of the molecule is C[C@H](CO)N1C[C@H](C)[C@@H](CN(C)C(=O)Nc2ccccc2)Oc2ccc(NS(=O)(=O)c3cccs3)cc2CC1=O. The number of carbonyl (C=O) groups is 2. The van der Waals surface area contributed by atoms with Crippen molar-refractivity contribution in [2.24, 2.45) is 5.92 Å². The zero-order valence-electron chi connectivity index (χ0n) is 22.6. The lowest BCUT2D eigenvalue weighted by Gasteiger charge is -2.34. The Morgan fingerprint density at radius 3 is 2.60 bits per heavy atom. The summed E-state index contributed by atoms with van der Waals surface area (Å²) in [5.41, 5.74) is 1.47. The summed E-state index contributed by atoms with van der Waals surface area (Å²) in [6.07, 6.45) is -0.545. The summed E-state index contributed by atoms with van der Waals surface area (Å²) in [5.74, 6) is 0.0138. The number of aliphatic hydroxyl groups is 1. The van der Waals surface area contributed by atoms with Crippen LogP contribution in [0.4, 0.5) is 16.2 Å². The average molecular weight is 587 g/mol. The Morgan fingerprint density at radius 2 is 1.93 bits per heavy atom. The third-order valence-corrected chi connectivity index (χ3v) is 9.53. The summed E-state index contributed by atoms with van der Waals surface area (Å²) >= 11 is 1.10. The fourth-order valence-electron chi connectivity index (χ4n) is 4.43. The highest BCUT2D eigenvalue weighted by Crippen LogP contribution is 2.30. The number of nitrogens with one attached hydrogen (secondary N) is 2. The van der Waals surface area contributed by atoms with Gasteiger partial charge in [0, 0.05) is 36.4 Å². The predicted molar refractivity (Wildman–Crippen MR) is 155 cm³/mol. The largest absolute Gasteiger partial charge is 0.488 e. The molecule has 0 radical (unpaired) electrons. The van der Waals surface area contributed by atoms with Gasteiger partial charge in [0.25, 0.3) is 10.0 Å². The van der Waals surface area contributed by atoms with Crippen LogP contribution in [0.2, 0.25) is 0 Å². The van der Waals surface area contributed by atoms with Crippen LogP contribution < -0.4 is 14.8 Å². The zero-order valence-corrected chi connectivity index (χ0v) is 24.2. The van der Waals surface area contributed by atoms with Gasteiger partial charge in [0.05, 0.1) is 25.6 Å². The van der Waals surface area contributed by atoms with Crippen molar-refractivity contribution < 1.29 is 27.9 Å². The molecule has 0 bridgehead atoms. The number of ether oxygens (including phenoxy) is 1. The molecule has 0 unspecified atom stereocenters. The molecule has 10 nitrogen and oxygen atoms in total. The molecular weight excluding hydrogens is 552 g/mol. The first-order valence-electron chi connectivity index (χ1n) is 12.9. The molecule has 0 aliphatic carbocycles. The molecular formula is C28H34N4O6S2. The molecule has 214 valence electrons. The van der Waals surface area contributed by atoms with E-state index < -0.39 is 22.2 Å². The lowest BCUT2D eigenvalue weighted by Crippen LogP contribution is -2.48. The zero-order chi connectivity index (χ0) is 28.9. The minimum atomic E-state index is -3.78. The van der Waals surface area contributed by atoms with E-state index in [0.29, 0.717) is 29.2 Å². The monoisotopic (exact) mass is 586 g/mol. The highest BCUT2D eigenvalue weighted by atomic mass is 32.2. The van der Waals surface area contributed by atoms with Crippen molar-refractivity contribution in [3.8, 4) is 5.75 Å². The number of rotatable bonds is 8. The van der Waals surface area contributed by atoms with Crippen molar-refractivity contribution in [1.82, 2.24) is 9.80 Å². The van der Waals surface area contributed by atoms with Crippen LogP contribution in [0, 0.1) is 5.92 Å². The van der Waals surface area contributed by atoms with Crippen LogP contribution in [-0.2, 0) is 21.2 Å². The van der Waals surface area contributed by atoms with Crippen LogP contribution in [-0.4, -0.2) is 74.2 Å². The topological polar surface area (TPSA) is 128 Å². The maximum atomic E-state index is 13.4. The number of para-hydroxylation sites is 1. The molecule has 1 aliphatic heterocycles. The summed E-state index contributed by atoms with van der Waals surface area (Å²) < 4.78 is 34.8. The predicted octanol–water partition coefficient (Wildman–Crippen LogP) is 3.86. The number of aliphatic hydroxyl groups excluding tert-OH is 1. The minimum absolute atomic E-state index is 0.0436. The number of urea groups is 1. The van der Waals surface area contributed by atoms with E-state index in [4.69, 9.17) is 4.74 Å². The number of hydrogen-bond donors (Lipinski definition) is 3. The molecule has 2 aromatic carbocycles. The van der Waals surface area contributed by atoms with E-state index >= 15 is 0 Å². The molecule has 0 spiro atoms. The molecule has 2 heterocycles. The van der Waals surface area contributed by atoms with Gasteiger partial charge in [0.1, 0.15) is 16.1 Å². The summed E-state index contributed by atoms with van der Waals surface area (Å²) in [5, 5.41) is 14.4. The number of thiophene rings is 1. The molecule has 3 amide bonds. The average Bonchev–Trinajstić information content (AvgIpc) is 3.49. The Balaban J connectivity index is 1.61. The first-order valence-corrected chi connectivity index (χ1v) is 15.3. The van der Waals surface area contributed by atoms with Crippen molar-refractivity contribution in [2.45, 2.75) is 36.6 Å². The van der Waals surface area contributed by atoms with Crippen molar-refractivity contribution >= 4 is 44.7 Å². The van der Waals surface area contributed by atoms with Crippen LogP contribution in [0.1, 0.15) is 19.4 Å². The Hall–Kier alpha value is -3.61. The van der Waals surface area contributed by atoms with Gasteiger partial charge in [0.2, 0.25) is 5.91 Å². The molecule has 3 N–H and O–H groups in total. The molecule has 0 saturated carbocycles. The number of anilines is 2. The third kappa shape index (κ3) is 7.12. The van der Waals surface area contributed by atoms with Crippen LogP contribution in [0.3, 0.4) is 0 Å². The maximum absolute atomic E-state index is 13.4. The van der Waals surface area contributed by atoms with Crippen molar-refractivity contribution in [3.05, 3.63) is 71.6 Å². The van der Waals surface area contributed by atoms with Crippen molar-refractivity contribution in [3.63, 3.8) is 0 Å². The van der Waals surface area contributed by atoms with E-state index in [1.165, 1.54) is 11.0 Å². The molecule has 1 aromatic heterocycles. The number of benzene rings is 2. The van der Waals surface area contributed by atoms with Gasteiger partial charge in [-0.1, -0.05) is 31.2 Å². The number of nitrogens with zero attached hydrogens (tertiary/aromatic N) is 2. The molecule has 4 rings (SSSR count). The number of amides is 3. The molecule has 12 heteroatoms. The van der Waals surface area contributed by atoms with Gasteiger partial charge in [-0.25, -0.2) is 13.2 Å². The van der Waals surface area contributed by atoms with Crippen molar-refractivity contribution in [2.75, 3.05) is 36.8 Å². The molecule has 3 aromatic rings. The molecule has 40 heavy (non-hydrogen) atoms. The molecule has 3 atom stereocenters. The number of likely N-dealkylation sites (N-methyl/N-ethyl adjacent to an activating group) is 1. The van der Waals surface area contributed by atoms with Gasteiger partial charge in [-0.2, -0.15) is 0 Å². The summed E-state index contributed by atoms with van der Waals surface area (Å²) in [7, 11) is -2.11. The Labute approximate surface area is 238 Å². The normalized spacial score (nSPS) is 18.4. The van der Waals surface area contributed by atoms with Gasteiger partial charge in [-0.15, -0.1) is 11.3 Å². The van der Waals surface area contributed by atoms with Gasteiger partial charge < -0.3 is 25.0 Å². The summed E-state index contributed by atoms with van der Waals surface area (Å²) in [6.45, 7) is 4.03. The Kier molecular flexibility index (Phi) is 9.33. The van der Waals surface area contributed by atoms with Crippen LogP contribution >= 0.6 is 11.3 Å². The van der Waals surface area contributed by atoms with Gasteiger partial charge >= 0.3 is 6.03 Å². The summed E-state index contributed by atoms with van der Waals surface area (Å²) in [6, 6.07) is 16.4.